The van der Waals surface area contributed by atoms with Crippen LogP contribution >= 0.6 is 11.3 Å². The van der Waals surface area contributed by atoms with Crippen LogP contribution in [-0.4, -0.2) is 15.0 Å². The van der Waals surface area contributed by atoms with E-state index in [-0.39, 0.29) is 0 Å². The Morgan fingerprint density at radius 2 is 1.29 bits per heavy atom. The number of nitrogens with zero attached hydrogens (tertiary/aromatic N) is 3. The molecule has 0 aliphatic heterocycles. The number of fused-ring (bicyclic) bond motifs is 10. The Labute approximate surface area is 239 Å². The topological polar surface area (TPSA) is 38.7 Å². The Balaban J connectivity index is 1.49. The van der Waals surface area contributed by atoms with Gasteiger partial charge in [0.1, 0.15) is 0 Å². The van der Waals surface area contributed by atoms with Gasteiger partial charge in [-0.25, -0.2) is 9.97 Å². The average Bonchev–Trinajstić information content (AvgIpc) is 3.44. The van der Waals surface area contributed by atoms with Gasteiger partial charge in [0.25, 0.3) is 0 Å². The van der Waals surface area contributed by atoms with Crippen molar-refractivity contribution in [1.29, 1.82) is 0 Å². The largest absolute Gasteiger partial charge is 0.254 e. The molecule has 0 fully saturated rings. The summed E-state index contributed by atoms with van der Waals surface area (Å²) in [5.41, 5.74) is 7.02. The molecule has 41 heavy (non-hydrogen) atoms. The van der Waals surface area contributed by atoms with Gasteiger partial charge in [-0.15, -0.1) is 11.3 Å². The average molecular weight is 540 g/mol. The summed E-state index contributed by atoms with van der Waals surface area (Å²) in [7, 11) is 0. The third kappa shape index (κ3) is 3.35. The van der Waals surface area contributed by atoms with E-state index in [2.05, 4.69) is 115 Å². The normalized spacial score (nSPS) is 11.9. The van der Waals surface area contributed by atoms with Crippen LogP contribution in [0, 0.1) is 0 Å². The van der Waals surface area contributed by atoms with E-state index < -0.39 is 0 Å². The molecule has 9 rings (SSSR count). The molecule has 5 aromatic carbocycles. The van der Waals surface area contributed by atoms with Crippen molar-refractivity contribution in [1.82, 2.24) is 15.0 Å². The number of rotatable bonds is 2. The summed E-state index contributed by atoms with van der Waals surface area (Å²) in [6, 6.07) is 42.8. The predicted octanol–water partition coefficient (Wildman–Crippen LogP) is 10.2. The van der Waals surface area contributed by atoms with Crippen LogP contribution in [-0.2, 0) is 0 Å². The van der Waals surface area contributed by atoms with Crippen molar-refractivity contribution in [2.24, 2.45) is 0 Å². The summed E-state index contributed by atoms with van der Waals surface area (Å²) in [6.07, 6.45) is 1.85. The van der Waals surface area contributed by atoms with Crippen LogP contribution in [0.15, 0.2) is 128 Å². The molecular weight excluding hydrogens is 518 g/mol. The van der Waals surface area contributed by atoms with Gasteiger partial charge in [0.05, 0.1) is 27.9 Å². The Bertz CT molecular complexity index is 2480. The van der Waals surface area contributed by atoms with E-state index in [1.165, 1.54) is 30.9 Å². The number of aromatic nitrogens is 3. The second kappa shape index (κ2) is 8.65. The molecule has 0 atom stereocenters. The van der Waals surface area contributed by atoms with Gasteiger partial charge in [0.2, 0.25) is 0 Å². The fourth-order valence-corrected chi connectivity index (χ4v) is 7.44. The van der Waals surface area contributed by atoms with Gasteiger partial charge in [0.15, 0.2) is 0 Å². The maximum absolute atomic E-state index is 5.29. The molecular formula is C37H21N3S. The zero-order chi connectivity index (χ0) is 26.9. The number of thiophene rings is 1. The van der Waals surface area contributed by atoms with Crippen molar-refractivity contribution in [2.75, 3.05) is 0 Å². The van der Waals surface area contributed by atoms with Gasteiger partial charge in [-0.1, -0.05) is 91.0 Å². The zero-order valence-corrected chi connectivity index (χ0v) is 22.7. The van der Waals surface area contributed by atoms with Crippen LogP contribution in [0.2, 0.25) is 0 Å². The molecule has 3 nitrogen and oxygen atoms in total. The minimum Gasteiger partial charge on any atom is -0.254 e. The lowest BCUT2D eigenvalue weighted by Gasteiger charge is -2.14. The van der Waals surface area contributed by atoms with Crippen molar-refractivity contribution in [3.63, 3.8) is 0 Å². The van der Waals surface area contributed by atoms with Gasteiger partial charge in [0, 0.05) is 64.4 Å². The number of hydrogen-bond donors (Lipinski definition) is 0. The molecule has 0 radical (unpaired) electrons. The van der Waals surface area contributed by atoms with Gasteiger partial charge < -0.3 is 0 Å². The number of benzene rings is 5. The van der Waals surface area contributed by atoms with Gasteiger partial charge >= 0.3 is 0 Å². The third-order valence-electron chi connectivity index (χ3n) is 8.06. The first-order valence-corrected chi connectivity index (χ1v) is 14.5. The van der Waals surface area contributed by atoms with E-state index in [1.54, 1.807) is 0 Å². The van der Waals surface area contributed by atoms with Crippen LogP contribution in [0.4, 0.5) is 0 Å². The maximum atomic E-state index is 5.29. The lowest BCUT2D eigenvalue weighted by molar-refractivity contribution is 1.37. The number of hydrogen-bond acceptors (Lipinski definition) is 4. The first kappa shape index (κ1) is 22.6. The highest BCUT2D eigenvalue weighted by Gasteiger charge is 2.20. The predicted molar refractivity (Wildman–Crippen MR) is 174 cm³/mol. The molecule has 9 aromatic rings. The molecule has 0 bridgehead atoms. The van der Waals surface area contributed by atoms with Crippen molar-refractivity contribution in [3.8, 4) is 22.5 Å². The fraction of sp³-hybridized carbons (Fsp3) is 0. The molecule has 4 heteroatoms. The molecule has 0 aliphatic carbocycles. The van der Waals surface area contributed by atoms with E-state index >= 15 is 0 Å². The summed E-state index contributed by atoms with van der Waals surface area (Å²) in [5.74, 6) is 0. The van der Waals surface area contributed by atoms with E-state index in [1.807, 2.05) is 23.6 Å². The lowest BCUT2D eigenvalue weighted by Crippen LogP contribution is -1.93. The highest BCUT2D eigenvalue weighted by atomic mass is 32.1. The Hall–Kier alpha value is -5.19. The second-order valence-corrected chi connectivity index (χ2v) is 11.5. The van der Waals surface area contributed by atoms with E-state index in [0.717, 1.165) is 55.2 Å². The summed E-state index contributed by atoms with van der Waals surface area (Å²) in [5, 5.41) is 8.28. The van der Waals surface area contributed by atoms with Gasteiger partial charge in [-0.3, -0.25) is 4.98 Å². The Morgan fingerprint density at radius 3 is 2.20 bits per heavy atom. The molecule has 4 heterocycles. The maximum Gasteiger partial charge on any atom is 0.0972 e. The Kier molecular flexibility index (Phi) is 4.77. The minimum atomic E-state index is 0.926. The molecule has 190 valence electrons. The Morgan fingerprint density at radius 1 is 0.537 bits per heavy atom. The fourth-order valence-electron chi connectivity index (χ4n) is 6.21. The summed E-state index contributed by atoms with van der Waals surface area (Å²) in [4.78, 5) is 15.2. The monoisotopic (exact) mass is 539 g/mol. The van der Waals surface area contributed by atoms with E-state index in [0.29, 0.717) is 0 Å². The molecule has 4 aromatic heterocycles. The van der Waals surface area contributed by atoms with Crippen molar-refractivity contribution < 1.29 is 0 Å². The van der Waals surface area contributed by atoms with Crippen molar-refractivity contribution in [2.45, 2.75) is 0 Å². The third-order valence-corrected chi connectivity index (χ3v) is 9.27. The van der Waals surface area contributed by atoms with Crippen LogP contribution in [0.3, 0.4) is 0 Å². The molecule has 0 aliphatic rings. The molecule has 0 N–H and O–H groups in total. The highest BCUT2D eigenvalue weighted by molar-refractivity contribution is 7.26. The minimum absolute atomic E-state index is 0.926. The highest BCUT2D eigenvalue weighted by Crippen LogP contribution is 2.47. The first-order valence-electron chi connectivity index (χ1n) is 13.7. The van der Waals surface area contributed by atoms with E-state index in [9.17, 15) is 0 Å². The molecule has 0 amide bonds. The summed E-state index contributed by atoms with van der Waals surface area (Å²) in [6.45, 7) is 0. The molecule has 0 saturated heterocycles. The zero-order valence-electron chi connectivity index (χ0n) is 21.9. The standard InChI is InChI=1S/C37H21N3S/c1-2-9-22(10-3-1)34-28-21-27(30-19-18-24-17-16-23-11-8-20-38-35(23)36(24)40-30)37-33(26-13-5-7-15-31(26)41-37)32(28)25-12-4-6-14-29(25)39-34/h1-21H. The van der Waals surface area contributed by atoms with Gasteiger partial charge in [-0.05, 0) is 30.3 Å². The van der Waals surface area contributed by atoms with Crippen LogP contribution < -0.4 is 0 Å². The molecule has 0 spiro atoms. The number of para-hydroxylation sites is 1. The quantitative estimate of drug-likeness (QED) is 0.205. The molecule has 0 saturated carbocycles. The van der Waals surface area contributed by atoms with Crippen LogP contribution in [0.5, 0.6) is 0 Å². The van der Waals surface area contributed by atoms with Crippen molar-refractivity contribution in [3.05, 3.63) is 128 Å². The summed E-state index contributed by atoms with van der Waals surface area (Å²) >= 11 is 1.84. The van der Waals surface area contributed by atoms with Crippen LogP contribution in [0.25, 0.3) is 86.2 Å². The first-order chi connectivity index (χ1) is 20.3. The lowest BCUT2D eigenvalue weighted by atomic mass is 9.93. The summed E-state index contributed by atoms with van der Waals surface area (Å²) < 4.78 is 2.51. The van der Waals surface area contributed by atoms with Crippen molar-refractivity contribution >= 4 is 75.0 Å². The number of pyridine rings is 3. The second-order valence-electron chi connectivity index (χ2n) is 10.4. The SMILES string of the molecule is c1ccc(-c2nc3ccccc3c3c2cc(-c2ccc4ccc5cccnc5c4n2)c2sc4ccccc4c23)cc1. The van der Waals surface area contributed by atoms with Gasteiger partial charge in [-0.2, -0.15) is 0 Å². The van der Waals surface area contributed by atoms with E-state index in [4.69, 9.17) is 15.0 Å². The smallest absolute Gasteiger partial charge is 0.0972 e. The van der Waals surface area contributed by atoms with Crippen LogP contribution in [0.1, 0.15) is 0 Å². The molecule has 0 unspecified atom stereocenters.